The van der Waals surface area contributed by atoms with Crippen molar-refractivity contribution in [2.45, 2.75) is 30.3 Å². The fourth-order valence-corrected chi connectivity index (χ4v) is 5.91. The summed E-state index contributed by atoms with van der Waals surface area (Å²) >= 11 is 5.94. The van der Waals surface area contributed by atoms with E-state index in [9.17, 15) is 22.4 Å². The number of fused-ring (bicyclic) bond motifs is 1. The Morgan fingerprint density at radius 1 is 1.23 bits per heavy atom. The predicted octanol–water partition coefficient (Wildman–Crippen LogP) is 2.10. The first-order valence-electron chi connectivity index (χ1n) is 9.42. The van der Waals surface area contributed by atoms with Crippen LogP contribution in [0.4, 0.5) is 4.39 Å². The van der Waals surface area contributed by atoms with Crippen LogP contribution in [-0.2, 0) is 21.4 Å². The number of sulfonamides is 1. The van der Waals surface area contributed by atoms with E-state index in [1.165, 1.54) is 21.3 Å². The van der Waals surface area contributed by atoms with Crippen molar-refractivity contribution in [2.24, 2.45) is 0 Å². The number of pyridine rings is 1. The smallest absolute Gasteiger partial charge is 0.329 e. The molecule has 0 amide bonds. The van der Waals surface area contributed by atoms with Crippen LogP contribution in [0.25, 0.3) is 11.0 Å². The summed E-state index contributed by atoms with van der Waals surface area (Å²) in [5, 5.41) is 8.95. The normalized spacial score (nSPS) is 16.1. The molecule has 9 nitrogen and oxygen atoms in total. The lowest BCUT2D eigenvalue weighted by Crippen LogP contribution is -2.41. The molecule has 0 radical (unpaired) electrons. The number of carbonyl (C=O) groups is 1. The van der Waals surface area contributed by atoms with Crippen molar-refractivity contribution in [3.63, 3.8) is 0 Å². The fourth-order valence-electron chi connectivity index (χ4n) is 3.93. The molecule has 0 aliphatic carbocycles. The summed E-state index contributed by atoms with van der Waals surface area (Å²) in [6.07, 6.45) is 3.63. The molecule has 0 saturated carbocycles. The van der Waals surface area contributed by atoms with Crippen LogP contribution in [0.3, 0.4) is 0 Å². The van der Waals surface area contributed by atoms with Gasteiger partial charge < -0.3 is 5.11 Å². The Bertz CT molecular complexity index is 1330. The van der Waals surface area contributed by atoms with E-state index in [1.54, 1.807) is 6.07 Å². The number of halogens is 2. The van der Waals surface area contributed by atoms with Crippen molar-refractivity contribution < 1.29 is 22.7 Å². The van der Waals surface area contributed by atoms with Crippen molar-refractivity contribution in [2.75, 3.05) is 13.1 Å². The second-order valence-corrected chi connectivity index (χ2v) is 9.52. The van der Waals surface area contributed by atoms with Crippen LogP contribution in [0, 0.1) is 5.82 Å². The summed E-state index contributed by atoms with van der Waals surface area (Å²) in [6, 6.07) is 4.44. The van der Waals surface area contributed by atoms with Crippen molar-refractivity contribution >= 4 is 38.6 Å². The number of piperidine rings is 1. The van der Waals surface area contributed by atoms with E-state index < -0.39 is 34.0 Å². The SMILES string of the molecule is O=C(O)Cn1c(=O)n(C2CCN(S(=O)(=O)c3ccc(F)cc3Cl)CC2)c2ccncc21. The number of carboxylic acid groups (broad SMARTS) is 1. The maximum absolute atomic E-state index is 13.3. The van der Waals surface area contributed by atoms with Gasteiger partial charge in [0.15, 0.2) is 0 Å². The molecule has 3 heterocycles. The third kappa shape index (κ3) is 3.84. The third-order valence-electron chi connectivity index (χ3n) is 5.36. The van der Waals surface area contributed by atoms with Gasteiger partial charge in [-0.05, 0) is 37.1 Å². The van der Waals surface area contributed by atoms with E-state index in [2.05, 4.69) is 4.98 Å². The minimum atomic E-state index is -3.92. The first-order chi connectivity index (χ1) is 14.7. The Balaban J connectivity index is 1.62. The van der Waals surface area contributed by atoms with Gasteiger partial charge in [-0.2, -0.15) is 4.31 Å². The third-order valence-corrected chi connectivity index (χ3v) is 7.74. The Morgan fingerprint density at radius 3 is 2.58 bits per heavy atom. The molecule has 2 aromatic heterocycles. The van der Waals surface area contributed by atoms with E-state index in [1.807, 2.05) is 0 Å². The zero-order chi connectivity index (χ0) is 22.3. The largest absolute Gasteiger partial charge is 0.480 e. The molecular weight excluding hydrogens is 451 g/mol. The first-order valence-corrected chi connectivity index (χ1v) is 11.2. The molecule has 1 aromatic carbocycles. The van der Waals surface area contributed by atoms with Crippen molar-refractivity contribution in [1.82, 2.24) is 18.4 Å². The Morgan fingerprint density at radius 2 is 1.94 bits per heavy atom. The van der Waals surface area contributed by atoms with Crippen molar-refractivity contribution in [1.29, 1.82) is 0 Å². The number of aromatic nitrogens is 3. The average Bonchev–Trinajstić information content (AvgIpc) is 2.99. The Hall–Kier alpha value is -2.76. The average molecular weight is 469 g/mol. The van der Waals surface area contributed by atoms with E-state index in [4.69, 9.17) is 16.7 Å². The highest BCUT2D eigenvalue weighted by atomic mass is 35.5. The molecule has 1 fully saturated rings. The minimum absolute atomic E-state index is 0.129. The van der Waals surface area contributed by atoms with E-state index >= 15 is 0 Å². The zero-order valence-electron chi connectivity index (χ0n) is 16.1. The van der Waals surface area contributed by atoms with Crippen LogP contribution in [-0.4, -0.2) is 51.0 Å². The summed E-state index contributed by atoms with van der Waals surface area (Å²) in [5.41, 5.74) is 0.473. The van der Waals surface area contributed by atoms with Gasteiger partial charge in [0.05, 0.1) is 22.3 Å². The van der Waals surface area contributed by atoms with Crippen LogP contribution < -0.4 is 5.69 Å². The number of nitrogens with zero attached hydrogens (tertiary/aromatic N) is 4. The molecule has 31 heavy (non-hydrogen) atoms. The molecule has 1 N–H and O–H groups in total. The topological polar surface area (TPSA) is 114 Å². The molecule has 0 spiro atoms. The van der Waals surface area contributed by atoms with Gasteiger partial charge in [-0.25, -0.2) is 17.6 Å². The van der Waals surface area contributed by atoms with Gasteiger partial charge in [-0.3, -0.25) is 18.9 Å². The van der Waals surface area contributed by atoms with Gasteiger partial charge in [-0.15, -0.1) is 0 Å². The van der Waals surface area contributed by atoms with Gasteiger partial charge in [0.1, 0.15) is 17.3 Å². The summed E-state index contributed by atoms with van der Waals surface area (Å²) in [6.45, 7) is -0.238. The molecule has 12 heteroatoms. The Labute approximate surface area is 181 Å². The van der Waals surface area contributed by atoms with Crippen LogP contribution in [0.5, 0.6) is 0 Å². The standard InChI is InChI=1S/C19H18ClFN4O5S/c20-14-9-12(21)1-2-17(14)31(29,30)23-7-4-13(5-8-23)25-15-3-6-22-10-16(15)24(19(25)28)11-18(26)27/h1-3,6,9-10,13H,4-5,7-8,11H2,(H,26,27). The quantitative estimate of drug-likeness (QED) is 0.613. The molecule has 0 unspecified atom stereocenters. The maximum atomic E-state index is 13.3. The maximum Gasteiger partial charge on any atom is 0.329 e. The summed E-state index contributed by atoms with van der Waals surface area (Å²) in [4.78, 5) is 27.9. The molecule has 1 saturated heterocycles. The molecule has 0 atom stereocenters. The number of benzene rings is 1. The first kappa shape index (κ1) is 21.5. The van der Waals surface area contributed by atoms with Crippen LogP contribution in [0.2, 0.25) is 5.02 Å². The molecule has 1 aliphatic rings. The van der Waals surface area contributed by atoms with E-state index in [0.29, 0.717) is 23.9 Å². The number of hydrogen-bond acceptors (Lipinski definition) is 5. The van der Waals surface area contributed by atoms with Crippen molar-refractivity contribution in [3.05, 3.63) is 58.0 Å². The van der Waals surface area contributed by atoms with Gasteiger partial charge in [0.25, 0.3) is 0 Å². The zero-order valence-corrected chi connectivity index (χ0v) is 17.7. The Kier molecular flexibility index (Phi) is 5.58. The van der Waals surface area contributed by atoms with Gasteiger partial charge in [-0.1, -0.05) is 11.6 Å². The summed E-state index contributed by atoms with van der Waals surface area (Å²) in [7, 11) is -3.92. The second-order valence-electron chi connectivity index (χ2n) is 7.21. The fraction of sp³-hybridized carbons (Fsp3) is 0.316. The molecule has 4 rings (SSSR count). The monoisotopic (exact) mass is 468 g/mol. The van der Waals surface area contributed by atoms with E-state index in [-0.39, 0.29) is 29.0 Å². The van der Waals surface area contributed by atoms with Gasteiger partial charge in [0, 0.05) is 25.3 Å². The van der Waals surface area contributed by atoms with Crippen LogP contribution in [0.15, 0.2) is 46.3 Å². The highest BCUT2D eigenvalue weighted by Gasteiger charge is 2.33. The highest BCUT2D eigenvalue weighted by Crippen LogP contribution is 2.31. The van der Waals surface area contributed by atoms with Crippen LogP contribution >= 0.6 is 11.6 Å². The van der Waals surface area contributed by atoms with Crippen molar-refractivity contribution in [3.8, 4) is 0 Å². The summed E-state index contributed by atoms with van der Waals surface area (Å²) in [5.74, 6) is -1.78. The number of imidazole rings is 1. The molecular formula is C19H18ClFN4O5S. The van der Waals surface area contributed by atoms with Gasteiger partial charge >= 0.3 is 11.7 Å². The second kappa shape index (κ2) is 8.06. The number of aliphatic carboxylic acids is 1. The lowest BCUT2D eigenvalue weighted by atomic mass is 10.1. The molecule has 164 valence electrons. The lowest BCUT2D eigenvalue weighted by molar-refractivity contribution is -0.137. The molecule has 0 bridgehead atoms. The lowest BCUT2D eigenvalue weighted by Gasteiger charge is -2.32. The number of rotatable bonds is 5. The van der Waals surface area contributed by atoms with Gasteiger partial charge in [0.2, 0.25) is 10.0 Å². The molecule has 3 aromatic rings. The predicted molar refractivity (Wildman–Crippen MR) is 110 cm³/mol. The molecule has 1 aliphatic heterocycles. The summed E-state index contributed by atoms with van der Waals surface area (Å²) < 4.78 is 43.1. The highest BCUT2D eigenvalue weighted by molar-refractivity contribution is 7.89. The van der Waals surface area contributed by atoms with E-state index in [0.717, 1.165) is 22.8 Å². The number of carboxylic acids is 1. The van der Waals surface area contributed by atoms with Crippen LogP contribution in [0.1, 0.15) is 18.9 Å². The number of hydrogen-bond donors (Lipinski definition) is 1. The minimum Gasteiger partial charge on any atom is -0.480 e.